The Morgan fingerprint density at radius 3 is 1.95 bits per heavy atom. The summed E-state index contributed by atoms with van der Waals surface area (Å²) in [6.07, 6.45) is -1.83. The summed E-state index contributed by atoms with van der Waals surface area (Å²) in [5.74, 6) is -2.88. The molecule has 21 heavy (non-hydrogen) atoms. The standard InChI is InChI=1S/C11H18N2O8/c1-20-8(15)5-13(6-9(16)21-2)11(19)12-4-3-7(14)10(17)18/h7,14H,3-6H2,1-2H3,(H,12,19)(H,17,18)/t7-/m0/s1. The fourth-order valence-corrected chi connectivity index (χ4v) is 1.19. The minimum atomic E-state index is -1.61. The Kier molecular flexibility index (Phi) is 8.46. The van der Waals surface area contributed by atoms with E-state index in [9.17, 15) is 19.2 Å². The maximum absolute atomic E-state index is 11.8. The Labute approximate surface area is 120 Å². The second-order valence-corrected chi connectivity index (χ2v) is 3.88. The lowest BCUT2D eigenvalue weighted by molar-refractivity contribution is -0.147. The van der Waals surface area contributed by atoms with Gasteiger partial charge in [-0.15, -0.1) is 0 Å². The number of methoxy groups -OCH3 is 2. The van der Waals surface area contributed by atoms with Gasteiger partial charge in [-0.3, -0.25) is 9.59 Å². The summed E-state index contributed by atoms with van der Waals surface area (Å²) in [6.45, 7) is -1.09. The zero-order chi connectivity index (χ0) is 16.4. The molecule has 0 aromatic heterocycles. The van der Waals surface area contributed by atoms with E-state index in [1.807, 2.05) is 0 Å². The molecule has 0 aliphatic rings. The van der Waals surface area contributed by atoms with Gasteiger partial charge in [-0.05, 0) is 0 Å². The molecular weight excluding hydrogens is 288 g/mol. The van der Waals surface area contributed by atoms with Gasteiger partial charge < -0.3 is 29.9 Å². The van der Waals surface area contributed by atoms with Crippen LogP contribution in [0.5, 0.6) is 0 Å². The van der Waals surface area contributed by atoms with Crippen LogP contribution < -0.4 is 5.32 Å². The number of aliphatic carboxylic acids is 1. The van der Waals surface area contributed by atoms with Crippen molar-refractivity contribution in [2.24, 2.45) is 0 Å². The van der Waals surface area contributed by atoms with E-state index in [0.717, 1.165) is 19.1 Å². The Balaban J connectivity index is 4.46. The average molecular weight is 306 g/mol. The van der Waals surface area contributed by atoms with Gasteiger partial charge in [0.05, 0.1) is 14.2 Å². The number of rotatable bonds is 8. The normalized spacial score (nSPS) is 11.2. The molecule has 3 N–H and O–H groups in total. The third-order valence-corrected chi connectivity index (χ3v) is 2.36. The summed E-state index contributed by atoms with van der Waals surface area (Å²) in [5.41, 5.74) is 0. The fraction of sp³-hybridized carbons (Fsp3) is 0.636. The van der Waals surface area contributed by atoms with Gasteiger partial charge >= 0.3 is 23.9 Å². The van der Waals surface area contributed by atoms with E-state index in [-0.39, 0.29) is 13.0 Å². The lowest BCUT2D eigenvalue weighted by Crippen LogP contribution is -2.46. The molecule has 0 rings (SSSR count). The van der Waals surface area contributed by atoms with Crippen LogP contribution in [0.2, 0.25) is 0 Å². The van der Waals surface area contributed by atoms with Crippen LogP contribution in [0.1, 0.15) is 6.42 Å². The number of hydrogen-bond donors (Lipinski definition) is 3. The van der Waals surface area contributed by atoms with E-state index in [1.54, 1.807) is 0 Å². The quantitative estimate of drug-likeness (QED) is 0.445. The fourth-order valence-electron chi connectivity index (χ4n) is 1.19. The first-order valence-corrected chi connectivity index (χ1v) is 5.89. The summed E-state index contributed by atoms with van der Waals surface area (Å²) < 4.78 is 8.78. The monoisotopic (exact) mass is 306 g/mol. The van der Waals surface area contributed by atoms with Crippen molar-refractivity contribution >= 4 is 23.9 Å². The lowest BCUT2D eigenvalue weighted by Gasteiger charge is -2.20. The van der Waals surface area contributed by atoms with Gasteiger partial charge in [0, 0.05) is 13.0 Å². The Hall–Kier alpha value is -2.36. The van der Waals surface area contributed by atoms with Crippen LogP contribution in [0, 0.1) is 0 Å². The predicted molar refractivity (Wildman–Crippen MR) is 67.3 cm³/mol. The molecule has 0 spiro atoms. The lowest BCUT2D eigenvalue weighted by atomic mass is 10.2. The van der Waals surface area contributed by atoms with Gasteiger partial charge in [0.25, 0.3) is 0 Å². The van der Waals surface area contributed by atoms with E-state index < -0.39 is 43.1 Å². The van der Waals surface area contributed by atoms with Crippen molar-refractivity contribution < 1.29 is 38.9 Å². The zero-order valence-corrected chi connectivity index (χ0v) is 11.7. The van der Waals surface area contributed by atoms with Gasteiger partial charge in [-0.25, -0.2) is 9.59 Å². The number of nitrogens with one attached hydrogen (secondary N) is 1. The number of ether oxygens (including phenoxy) is 2. The number of nitrogens with zero attached hydrogens (tertiary/aromatic N) is 1. The minimum absolute atomic E-state index is 0.148. The summed E-state index contributed by atoms with van der Waals surface area (Å²) in [7, 11) is 2.25. The molecule has 120 valence electrons. The molecule has 0 unspecified atom stereocenters. The largest absolute Gasteiger partial charge is 0.479 e. The highest BCUT2D eigenvalue weighted by Crippen LogP contribution is 1.95. The number of urea groups is 1. The molecule has 10 heteroatoms. The van der Waals surface area contributed by atoms with Crippen molar-refractivity contribution in [1.82, 2.24) is 10.2 Å². The van der Waals surface area contributed by atoms with Crippen LogP contribution in [0.25, 0.3) is 0 Å². The van der Waals surface area contributed by atoms with Gasteiger partial charge in [0.15, 0.2) is 6.10 Å². The molecule has 0 saturated heterocycles. The molecular formula is C11H18N2O8. The molecule has 0 bridgehead atoms. The second-order valence-electron chi connectivity index (χ2n) is 3.88. The SMILES string of the molecule is COC(=O)CN(CC(=O)OC)C(=O)NCC[C@H](O)C(=O)O. The van der Waals surface area contributed by atoms with Crippen LogP contribution in [-0.2, 0) is 23.9 Å². The minimum Gasteiger partial charge on any atom is -0.479 e. The molecule has 0 aromatic carbocycles. The topological polar surface area (TPSA) is 142 Å². The van der Waals surface area contributed by atoms with Gasteiger partial charge in [0.2, 0.25) is 0 Å². The van der Waals surface area contributed by atoms with Crippen molar-refractivity contribution in [3.05, 3.63) is 0 Å². The van der Waals surface area contributed by atoms with E-state index in [4.69, 9.17) is 10.2 Å². The molecule has 0 saturated carbocycles. The first-order chi connectivity index (χ1) is 9.81. The van der Waals surface area contributed by atoms with E-state index >= 15 is 0 Å². The summed E-state index contributed by atoms with van der Waals surface area (Å²) in [6, 6.07) is -0.789. The average Bonchev–Trinajstić information content (AvgIpc) is 2.45. The van der Waals surface area contributed by atoms with Crippen molar-refractivity contribution in [2.75, 3.05) is 33.9 Å². The van der Waals surface area contributed by atoms with Crippen LogP contribution >= 0.6 is 0 Å². The van der Waals surface area contributed by atoms with Gasteiger partial charge in [0.1, 0.15) is 13.1 Å². The second kappa shape index (κ2) is 9.53. The maximum atomic E-state index is 11.8. The van der Waals surface area contributed by atoms with Gasteiger partial charge in [-0.1, -0.05) is 0 Å². The van der Waals surface area contributed by atoms with Crippen molar-refractivity contribution in [2.45, 2.75) is 12.5 Å². The molecule has 0 aromatic rings. The molecule has 0 fully saturated rings. The van der Waals surface area contributed by atoms with E-state index in [0.29, 0.717) is 0 Å². The number of carboxylic acids is 1. The number of carbonyl (C=O) groups excluding carboxylic acids is 3. The van der Waals surface area contributed by atoms with Crippen molar-refractivity contribution in [1.29, 1.82) is 0 Å². The number of hydrogen-bond acceptors (Lipinski definition) is 7. The third kappa shape index (κ3) is 7.72. The molecule has 0 heterocycles. The van der Waals surface area contributed by atoms with Crippen LogP contribution in [-0.4, -0.2) is 79.0 Å². The molecule has 2 amide bonds. The van der Waals surface area contributed by atoms with Crippen LogP contribution in [0.15, 0.2) is 0 Å². The molecule has 1 atom stereocenters. The Morgan fingerprint density at radius 1 is 1.10 bits per heavy atom. The highest BCUT2D eigenvalue weighted by atomic mass is 16.5. The highest BCUT2D eigenvalue weighted by Gasteiger charge is 2.21. The predicted octanol–water partition coefficient (Wildman–Crippen LogP) is -1.82. The Bertz CT molecular complexity index is 380. The number of amides is 2. The number of aliphatic hydroxyl groups excluding tert-OH is 1. The molecule has 0 aliphatic heterocycles. The number of esters is 2. The van der Waals surface area contributed by atoms with E-state index in [1.165, 1.54) is 0 Å². The third-order valence-electron chi connectivity index (χ3n) is 2.36. The summed E-state index contributed by atoms with van der Waals surface area (Å²) in [4.78, 5) is 45.3. The zero-order valence-electron chi connectivity index (χ0n) is 11.7. The number of carbonyl (C=O) groups is 4. The maximum Gasteiger partial charge on any atom is 0.332 e. The van der Waals surface area contributed by atoms with Crippen molar-refractivity contribution in [3.63, 3.8) is 0 Å². The number of aliphatic hydroxyl groups is 1. The van der Waals surface area contributed by atoms with Gasteiger partial charge in [-0.2, -0.15) is 0 Å². The molecule has 10 nitrogen and oxygen atoms in total. The van der Waals surface area contributed by atoms with E-state index in [2.05, 4.69) is 14.8 Å². The molecule has 0 radical (unpaired) electrons. The summed E-state index contributed by atoms with van der Waals surface area (Å²) in [5, 5.41) is 19.8. The molecule has 0 aliphatic carbocycles. The first kappa shape index (κ1) is 18.6. The number of carboxylic acid groups (broad SMARTS) is 1. The highest BCUT2D eigenvalue weighted by molar-refractivity contribution is 5.85. The summed E-state index contributed by atoms with van der Waals surface area (Å²) >= 11 is 0. The Morgan fingerprint density at radius 2 is 1.57 bits per heavy atom. The van der Waals surface area contributed by atoms with Crippen molar-refractivity contribution in [3.8, 4) is 0 Å². The smallest absolute Gasteiger partial charge is 0.332 e. The van der Waals surface area contributed by atoms with Crippen LogP contribution in [0.4, 0.5) is 4.79 Å². The first-order valence-electron chi connectivity index (χ1n) is 5.89. The van der Waals surface area contributed by atoms with Crippen LogP contribution in [0.3, 0.4) is 0 Å².